The summed E-state index contributed by atoms with van der Waals surface area (Å²) in [5, 5.41) is 5.48. The molecule has 1 aliphatic heterocycles. The van der Waals surface area contributed by atoms with Gasteiger partial charge in [-0.15, -0.1) is 11.3 Å². The minimum atomic E-state index is -4.42. The van der Waals surface area contributed by atoms with Crippen LogP contribution in [0.4, 0.5) is 18.3 Å². The van der Waals surface area contributed by atoms with Crippen LogP contribution in [0.1, 0.15) is 25.1 Å². The maximum Gasteiger partial charge on any atom is 0.417 e. The van der Waals surface area contributed by atoms with Crippen molar-refractivity contribution < 1.29 is 22.7 Å². The Bertz CT molecular complexity index is 819. The number of halogens is 3. The number of morpholine rings is 1. The zero-order chi connectivity index (χ0) is 21.0. The van der Waals surface area contributed by atoms with Crippen LogP contribution >= 0.6 is 23.1 Å². The largest absolute Gasteiger partial charge is 0.417 e. The van der Waals surface area contributed by atoms with Crippen molar-refractivity contribution in [1.29, 1.82) is 0 Å². The number of nitrogens with zero attached hydrogens (tertiary/aromatic N) is 3. The summed E-state index contributed by atoms with van der Waals surface area (Å²) in [6.45, 7) is 6.44. The molecular weight excluding hydrogens is 425 g/mol. The van der Waals surface area contributed by atoms with Crippen molar-refractivity contribution in [1.82, 2.24) is 14.9 Å². The molecule has 3 heterocycles. The molecule has 1 amide bonds. The molecule has 11 heteroatoms. The first-order valence-electron chi connectivity index (χ1n) is 8.97. The molecule has 2 atom stereocenters. The van der Waals surface area contributed by atoms with Crippen molar-refractivity contribution >= 4 is 34.1 Å². The van der Waals surface area contributed by atoms with Crippen molar-refractivity contribution in [3.8, 4) is 0 Å². The van der Waals surface area contributed by atoms with Gasteiger partial charge in [0, 0.05) is 31.2 Å². The van der Waals surface area contributed by atoms with Crippen LogP contribution in [0.3, 0.4) is 0 Å². The summed E-state index contributed by atoms with van der Waals surface area (Å²) in [6.07, 6.45) is -3.31. The van der Waals surface area contributed by atoms with Gasteiger partial charge in [-0.25, -0.2) is 9.97 Å². The SMILES string of the molecule is CC1CN(Cc2csc(NC(=O)CSc3ccc(C(F)(F)F)cn3)n2)CC(C)O1. The van der Waals surface area contributed by atoms with Crippen LogP contribution in [-0.4, -0.2) is 51.8 Å². The summed E-state index contributed by atoms with van der Waals surface area (Å²) in [6, 6.07) is 2.21. The average Bonchev–Trinajstić information content (AvgIpc) is 3.05. The number of thiazole rings is 1. The monoisotopic (exact) mass is 446 g/mol. The number of ether oxygens (including phenoxy) is 1. The fraction of sp³-hybridized carbons (Fsp3) is 0.500. The van der Waals surface area contributed by atoms with E-state index in [1.165, 1.54) is 17.4 Å². The second-order valence-electron chi connectivity index (χ2n) is 6.82. The van der Waals surface area contributed by atoms with E-state index in [0.717, 1.165) is 42.8 Å². The normalized spacial score (nSPS) is 20.6. The van der Waals surface area contributed by atoms with Crippen LogP contribution in [0.2, 0.25) is 0 Å². The van der Waals surface area contributed by atoms with Gasteiger partial charge in [-0.1, -0.05) is 11.8 Å². The number of hydrogen-bond acceptors (Lipinski definition) is 7. The second-order valence-corrected chi connectivity index (χ2v) is 8.67. The van der Waals surface area contributed by atoms with Crippen molar-refractivity contribution in [2.24, 2.45) is 0 Å². The number of carbonyl (C=O) groups excluding carboxylic acids is 1. The van der Waals surface area contributed by atoms with Crippen molar-refractivity contribution in [2.75, 3.05) is 24.2 Å². The maximum absolute atomic E-state index is 12.5. The van der Waals surface area contributed by atoms with Crippen molar-refractivity contribution in [3.63, 3.8) is 0 Å². The summed E-state index contributed by atoms with van der Waals surface area (Å²) in [4.78, 5) is 22.5. The molecule has 0 aliphatic carbocycles. The predicted octanol–water partition coefficient (Wildman–Crippen LogP) is 3.90. The molecule has 1 aliphatic rings. The Morgan fingerprint density at radius 1 is 1.34 bits per heavy atom. The lowest BCUT2D eigenvalue weighted by molar-refractivity contribution is -0.137. The Morgan fingerprint density at radius 3 is 2.69 bits per heavy atom. The van der Waals surface area contributed by atoms with Crippen LogP contribution in [0.25, 0.3) is 0 Å². The maximum atomic E-state index is 12.5. The van der Waals surface area contributed by atoms with E-state index in [9.17, 15) is 18.0 Å². The van der Waals surface area contributed by atoms with Gasteiger partial charge in [0.25, 0.3) is 0 Å². The molecule has 29 heavy (non-hydrogen) atoms. The zero-order valence-electron chi connectivity index (χ0n) is 15.9. The predicted molar refractivity (Wildman–Crippen MR) is 106 cm³/mol. The number of amides is 1. The standard InChI is InChI=1S/C18H21F3N4O2S2/c1-11-6-25(7-12(2)27-11)8-14-9-29-17(23-14)24-15(26)10-28-16-4-3-13(5-22-16)18(19,20)21/h3-5,9,11-12H,6-8,10H2,1-2H3,(H,23,24,26). The molecule has 2 aromatic rings. The lowest BCUT2D eigenvalue weighted by Gasteiger charge is -2.34. The summed E-state index contributed by atoms with van der Waals surface area (Å²) in [7, 11) is 0. The molecule has 0 bridgehead atoms. The molecule has 2 aromatic heterocycles. The minimum absolute atomic E-state index is 0.0335. The summed E-state index contributed by atoms with van der Waals surface area (Å²) < 4.78 is 43.3. The lowest BCUT2D eigenvalue weighted by Crippen LogP contribution is -2.44. The number of rotatable bonds is 6. The van der Waals surface area contributed by atoms with E-state index in [2.05, 4.69) is 20.2 Å². The van der Waals surface area contributed by atoms with Gasteiger partial charge in [-0.05, 0) is 26.0 Å². The number of pyridine rings is 1. The zero-order valence-corrected chi connectivity index (χ0v) is 17.5. The summed E-state index contributed by atoms with van der Waals surface area (Å²) >= 11 is 2.41. The number of alkyl halides is 3. The van der Waals surface area contributed by atoms with Crippen LogP contribution in [0.15, 0.2) is 28.7 Å². The van der Waals surface area contributed by atoms with E-state index in [4.69, 9.17) is 4.74 Å². The molecule has 2 unspecified atom stereocenters. The fourth-order valence-electron chi connectivity index (χ4n) is 3.01. The molecular formula is C18H21F3N4O2S2. The van der Waals surface area contributed by atoms with E-state index in [1.54, 1.807) is 0 Å². The third kappa shape index (κ3) is 6.66. The first-order chi connectivity index (χ1) is 13.7. The van der Waals surface area contributed by atoms with Crippen LogP contribution in [0, 0.1) is 0 Å². The topological polar surface area (TPSA) is 67.4 Å². The van der Waals surface area contributed by atoms with E-state index < -0.39 is 11.7 Å². The van der Waals surface area contributed by atoms with E-state index in [0.29, 0.717) is 16.7 Å². The quantitative estimate of drug-likeness (QED) is 0.679. The number of aromatic nitrogens is 2. The smallest absolute Gasteiger partial charge is 0.373 e. The Kier molecular flexibility index (Phi) is 7.14. The first-order valence-corrected chi connectivity index (χ1v) is 10.8. The highest BCUT2D eigenvalue weighted by molar-refractivity contribution is 7.99. The third-order valence-electron chi connectivity index (χ3n) is 4.09. The highest BCUT2D eigenvalue weighted by Crippen LogP contribution is 2.29. The van der Waals surface area contributed by atoms with E-state index >= 15 is 0 Å². The van der Waals surface area contributed by atoms with Gasteiger partial charge in [-0.2, -0.15) is 13.2 Å². The first kappa shape index (κ1) is 22.0. The number of carbonyl (C=O) groups is 1. The van der Waals surface area contributed by atoms with E-state index in [-0.39, 0.29) is 23.9 Å². The van der Waals surface area contributed by atoms with Gasteiger partial charge in [0.1, 0.15) is 0 Å². The molecule has 6 nitrogen and oxygen atoms in total. The van der Waals surface area contributed by atoms with Gasteiger partial charge in [0.15, 0.2) is 5.13 Å². The average molecular weight is 447 g/mol. The molecule has 1 saturated heterocycles. The highest BCUT2D eigenvalue weighted by Gasteiger charge is 2.30. The number of nitrogens with one attached hydrogen (secondary N) is 1. The molecule has 0 aromatic carbocycles. The number of anilines is 1. The lowest BCUT2D eigenvalue weighted by atomic mass is 10.2. The Balaban J connectivity index is 1.46. The Labute approximate surface area is 174 Å². The summed E-state index contributed by atoms with van der Waals surface area (Å²) in [5.41, 5.74) is 0.0642. The second kappa shape index (κ2) is 9.41. The Morgan fingerprint density at radius 2 is 2.07 bits per heavy atom. The van der Waals surface area contributed by atoms with Gasteiger partial charge in [0.2, 0.25) is 5.91 Å². The molecule has 158 valence electrons. The molecule has 1 fully saturated rings. The highest BCUT2D eigenvalue weighted by atomic mass is 32.2. The van der Waals surface area contributed by atoms with Crippen LogP contribution < -0.4 is 5.32 Å². The molecule has 3 rings (SSSR count). The number of hydrogen-bond donors (Lipinski definition) is 1. The Hall–Kier alpha value is -1.69. The van der Waals surface area contributed by atoms with Crippen LogP contribution in [-0.2, 0) is 22.3 Å². The molecule has 1 N–H and O–H groups in total. The molecule has 0 radical (unpaired) electrons. The minimum Gasteiger partial charge on any atom is -0.373 e. The third-order valence-corrected chi connectivity index (χ3v) is 5.84. The molecule has 0 spiro atoms. The summed E-state index contributed by atoms with van der Waals surface area (Å²) in [5.74, 6) is -0.252. The van der Waals surface area contributed by atoms with Gasteiger partial charge in [0.05, 0.1) is 34.2 Å². The van der Waals surface area contributed by atoms with Gasteiger partial charge < -0.3 is 10.1 Å². The van der Waals surface area contributed by atoms with E-state index in [1.807, 2.05) is 19.2 Å². The van der Waals surface area contributed by atoms with Gasteiger partial charge in [-0.3, -0.25) is 9.69 Å². The van der Waals surface area contributed by atoms with Gasteiger partial charge >= 0.3 is 6.18 Å². The van der Waals surface area contributed by atoms with Crippen LogP contribution in [0.5, 0.6) is 0 Å². The van der Waals surface area contributed by atoms with Crippen molar-refractivity contribution in [2.45, 2.75) is 43.8 Å². The van der Waals surface area contributed by atoms with Crippen molar-refractivity contribution in [3.05, 3.63) is 35.0 Å². The fourth-order valence-corrected chi connectivity index (χ4v) is 4.37. The molecule has 0 saturated carbocycles. The number of thioether (sulfide) groups is 1.